The zero-order valence-corrected chi connectivity index (χ0v) is 14.8. The van der Waals surface area contributed by atoms with Gasteiger partial charge >= 0.3 is 0 Å². The van der Waals surface area contributed by atoms with E-state index < -0.39 is 0 Å². The van der Waals surface area contributed by atoms with Crippen LogP contribution in [0.2, 0.25) is 0 Å². The Labute approximate surface area is 157 Å². The van der Waals surface area contributed by atoms with E-state index in [1.807, 2.05) is 6.07 Å². The number of benzene rings is 1. The number of amides is 3. The molecule has 27 heavy (non-hydrogen) atoms. The number of piperidine rings is 1. The van der Waals surface area contributed by atoms with Crippen LogP contribution >= 0.6 is 0 Å². The normalized spacial score (nSPS) is 14.4. The zero-order valence-electron chi connectivity index (χ0n) is 14.8. The molecule has 0 radical (unpaired) electrons. The van der Waals surface area contributed by atoms with Crippen molar-refractivity contribution >= 4 is 17.7 Å². The van der Waals surface area contributed by atoms with E-state index in [0.29, 0.717) is 31.5 Å². The third kappa shape index (κ3) is 5.10. The predicted octanol–water partition coefficient (Wildman–Crippen LogP) is 0.627. The van der Waals surface area contributed by atoms with Crippen molar-refractivity contribution in [2.75, 3.05) is 19.6 Å². The first-order valence-corrected chi connectivity index (χ1v) is 8.81. The molecule has 1 saturated heterocycles. The first-order chi connectivity index (χ1) is 13.1. The van der Waals surface area contributed by atoms with Crippen LogP contribution in [0, 0.1) is 0 Å². The third-order valence-corrected chi connectivity index (χ3v) is 4.41. The Kier molecular flexibility index (Phi) is 6.09. The summed E-state index contributed by atoms with van der Waals surface area (Å²) in [6.07, 6.45) is 5.72. The topological polar surface area (TPSA) is 104 Å². The fraction of sp³-hybridized carbons (Fsp3) is 0.316. The van der Waals surface area contributed by atoms with Gasteiger partial charge in [0, 0.05) is 37.1 Å². The average Bonchev–Trinajstić information content (AvgIpc) is 2.73. The van der Waals surface area contributed by atoms with Gasteiger partial charge in [0.2, 0.25) is 5.91 Å². The second-order valence-electron chi connectivity index (χ2n) is 6.27. The van der Waals surface area contributed by atoms with Crippen LogP contribution < -0.4 is 10.6 Å². The summed E-state index contributed by atoms with van der Waals surface area (Å²) in [6.45, 7) is 1.03. The van der Waals surface area contributed by atoms with Gasteiger partial charge in [-0.2, -0.15) is 0 Å². The Morgan fingerprint density at radius 2 is 1.78 bits per heavy atom. The molecule has 8 heteroatoms. The molecule has 2 heterocycles. The van der Waals surface area contributed by atoms with Crippen molar-refractivity contribution in [2.24, 2.45) is 0 Å². The predicted molar refractivity (Wildman–Crippen MR) is 97.9 cm³/mol. The van der Waals surface area contributed by atoms with Crippen molar-refractivity contribution in [3.05, 3.63) is 60.2 Å². The SMILES string of the molecule is O=C(NCC(=O)N1CCC(NC(=O)c2cnccn2)CC1)c1ccccc1. The van der Waals surface area contributed by atoms with Gasteiger partial charge in [-0.25, -0.2) is 4.98 Å². The number of hydrogen-bond donors (Lipinski definition) is 2. The summed E-state index contributed by atoms with van der Waals surface area (Å²) in [5.74, 6) is -0.656. The van der Waals surface area contributed by atoms with Crippen LogP contribution in [0.5, 0.6) is 0 Å². The Morgan fingerprint density at radius 1 is 1.04 bits per heavy atom. The number of nitrogens with zero attached hydrogens (tertiary/aromatic N) is 3. The average molecular weight is 367 g/mol. The number of likely N-dealkylation sites (tertiary alicyclic amines) is 1. The molecular weight excluding hydrogens is 346 g/mol. The first kappa shape index (κ1) is 18.5. The maximum Gasteiger partial charge on any atom is 0.271 e. The summed E-state index contributed by atoms with van der Waals surface area (Å²) < 4.78 is 0. The van der Waals surface area contributed by atoms with Gasteiger partial charge in [-0.3, -0.25) is 19.4 Å². The lowest BCUT2D eigenvalue weighted by Gasteiger charge is -2.32. The van der Waals surface area contributed by atoms with E-state index in [4.69, 9.17) is 0 Å². The van der Waals surface area contributed by atoms with E-state index in [9.17, 15) is 14.4 Å². The molecule has 1 aromatic heterocycles. The summed E-state index contributed by atoms with van der Waals surface area (Å²) in [5, 5.41) is 5.56. The van der Waals surface area contributed by atoms with Crippen LogP contribution in [-0.4, -0.2) is 58.3 Å². The molecular formula is C19H21N5O3. The fourth-order valence-electron chi connectivity index (χ4n) is 2.91. The molecule has 0 bridgehead atoms. The molecule has 1 fully saturated rings. The van der Waals surface area contributed by atoms with E-state index in [0.717, 1.165) is 0 Å². The maximum absolute atomic E-state index is 12.3. The summed E-state index contributed by atoms with van der Waals surface area (Å²) in [4.78, 5) is 45.9. The van der Waals surface area contributed by atoms with E-state index in [2.05, 4.69) is 20.6 Å². The number of hydrogen-bond acceptors (Lipinski definition) is 5. The number of aromatic nitrogens is 2. The number of nitrogens with one attached hydrogen (secondary N) is 2. The Balaban J connectivity index is 1.41. The number of carbonyl (C=O) groups is 3. The molecule has 0 atom stereocenters. The molecule has 0 saturated carbocycles. The standard InChI is InChI=1S/C19H21N5O3/c25-17(13-22-18(26)14-4-2-1-3-5-14)24-10-6-15(7-11-24)23-19(27)16-12-20-8-9-21-16/h1-5,8-9,12,15H,6-7,10-11,13H2,(H,22,26)(H,23,27). The van der Waals surface area contributed by atoms with Crippen molar-refractivity contribution in [1.82, 2.24) is 25.5 Å². The van der Waals surface area contributed by atoms with Gasteiger partial charge in [0.1, 0.15) is 5.69 Å². The second-order valence-corrected chi connectivity index (χ2v) is 6.27. The summed E-state index contributed by atoms with van der Waals surface area (Å²) in [7, 11) is 0. The van der Waals surface area contributed by atoms with E-state index in [-0.39, 0.29) is 36.0 Å². The van der Waals surface area contributed by atoms with Gasteiger partial charge in [0.25, 0.3) is 11.8 Å². The molecule has 8 nitrogen and oxygen atoms in total. The van der Waals surface area contributed by atoms with Crippen molar-refractivity contribution in [3.8, 4) is 0 Å². The Morgan fingerprint density at radius 3 is 2.44 bits per heavy atom. The molecule has 3 rings (SSSR count). The van der Waals surface area contributed by atoms with Gasteiger partial charge < -0.3 is 15.5 Å². The van der Waals surface area contributed by atoms with Gasteiger partial charge in [-0.1, -0.05) is 18.2 Å². The van der Waals surface area contributed by atoms with Crippen LogP contribution in [0.15, 0.2) is 48.9 Å². The smallest absolute Gasteiger partial charge is 0.271 e. The fourth-order valence-corrected chi connectivity index (χ4v) is 2.91. The molecule has 1 aliphatic rings. The molecule has 1 aromatic carbocycles. The summed E-state index contributed by atoms with van der Waals surface area (Å²) >= 11 is 0. The van der Waals surface area contributed by atoms with E-state index in [1.54, 1.807) is 29.2 Å². The highest BCUT2D eigenvalue weighted by Crippen LogP contribution is 2.11. The van der Waals surface area contributed by atoms with Crippen LogP contribution in [-0.2, 0) is 4.79 Å². The van der Waals surface area contributed by atoms with Crippen LogP contribution in [0.1, 0.15) is 33.7 Å². The lowest BCUT2D eigenvalue weighted by Crippen LogP contribution is -2.49. The van der Waals surface area contributed by atoms with E-state index >= 15 is 0 Å². The monoisotopic (exact) mass is 367 g/mol. The quantitative estimate of drug-likeness (QED) is 0.806. The van der Waals surface area contributed by atoms with Crippen LogP contribution in [0.3, 0.4) is 0 Å². The van der Waals surface area contributed by atoms with E-state index in [1.165, 1.54) is 18.6 Å². The van der Waals surface area contributed by atoms with Gasteiger partial charge in [-0.05, 0) is 25.0 Å². The first-order valence-electron chi connectivity index (χ1n) is 8.81. The van der Waals surface area contributed by atoms with Gasteiger partial charge in [0.15, 0.2) is 0 Å². The lowest BCUT2D eigenvalue weighted by molar-refractivity contribution is -0.131. The summed E-state index contributed by atoms with van der Waals surface area (Å²) in [5.41, 5.74) is 0.801. The molecule has 3 amide bonds. The molecule has 0 unspecified atom stereocenters. The lowest BCUT2D eigenvalue weighted by atomic mass is 10.0. The molecule has 0 spiro atoms. The minimum Gasteiger partial charge on any atom is -0.348 e. The highest BCUT2D eigenvalue weighted by Gasteiger charge is 2.24. The number of carbonyl (C=O) groups excluding carboxylic acids is 3. The maximum atomic E-state index is 12.3. The summed E-state index contributed by atoms with van der Waals surface area (Å²) in [6, 6.07) is 8.77. The molecule has 1 aliphatic heterocycles. The van der Waals surface area contributed by atoms with Crippen LogP contribution in [0.4, 0.5) is 0 Å². The Bertz CT molecular complexity index is 790. The Hall–Kier alpha value is -3.29. The molecule has 140 valence electrons. The minimum absolute atomic E-state index is 0.0116. The molecule has 2 aromatic rings. The van der Waals surface area contributed by atoms with Gasteiger partial charge in [-0.15, -0.1) is 0 Å². The van der Waals surface area contributed by atoms with Gasteiger partial charge in [0.05, 0.1) is 12.7 Å². The van der Waals surface area contributed by atoms with Crippen molar-refractivity contribution in [1.29, 1.82) is 0 Å². The van der Waals surface area contributed by atoms with Crippen LogP contribution in [0.25, 0.3) is 0 Å². The zero-order chi connectivity index (χ0) is 19.1. The highest BCUT2D eigenvalue weighted by atomic mass is 16.2. The van der Waals surface area contributed by atoms with Crippen molar-refractivity contribution < 1.29 is 14.4 Å². The minimum atomic E-state index is -0.268. The highest BCUT2D eigenvalue weighted by molar-refractivity contribution is 5.96. The largest absolute Gasteiger partial charge is 0.348 e. The molecule has 0 aliphatic carbocycles. The number of rotatable bonds is 5. The van der Waals surface area contributed by atoms with Crippen molar-refractivity contribution in [3.63, 3.8) is 0 Å². The third-order valence-electron chi connectivity index (χ3n) is 4.41. The molecule has 2 N–H and O–H groups in total. The van der Waals surface area contributed by atoms with Crippen molar-refractivity contribution in [2.45, 2.75) is 18.9 Å². The second kappa shape index (κ2) is 8.88.